The van der Waals surface area contributed by atoms with Crippen molar-refractivity contribution in [3.05, 3.63) is 34.9 Å². The average molecular weight is 236 g/mol. The molecular formula is C15H24O2. The van der Waals surface area contributed by atoms with Gasteiger partial charge in [-0.15, -0.1) is 0 Å². The van der Waals surface area contributed by atoms with E-state index in [1.54, 1.807) is 6.92 Å². The van der Waals surface area contributed by atoms with E-state index in [0.717, 1.165) is 6.42 Å². The first-order chi connectivity index (χ1) is 7.95. The molecule has 0 aromatic heterocycles. The van der Waals surface area contributed by atoms with Crippen molar-refractivity contribution in [3.63, 3.8) is 0 Å². The number of aliphatic hydroxyl groups is 2. The topological polar surface area (TPSA) is 40.5 Å². The van der Waals surface area contributed by atoms with E-state index >= 15 is 0 Å². The molecule has 0 saturated heterocycles. The molecule has 3 unspecified atom stereocenters. The quantitative estimate of drug-likeness (QED) is 0.825. The summed E-state index contributed by atoms with van der Waals surface area (Å²) < 4.78 is 0. The molecule has 1 aromatic rings. The molecule has 0 radical (unpaired) electrons. The van der Waals surface area contributed by atoms with Crippen LogP contribution in [0.25, 0.3) is 0 Å². The highest BCUT2D eigenvalue weighted by Crippen LogP contribution is 2.27. The standard InChI is InChI=1S/C15H24O2/c1-5-13(9-15(17)12(4)16)14-7-6-10(2)11(3)8-14/h6-8,12-13,15-17H,5,9H2,1-4H3. The fourth-order valence-electron chi connectivity index (χ4n) is 2.05. The molecule has 17 heavy (non-hydrogen) atoms. The molecule has 2 heteroatoms. The van der Waals surface area contributed by atoms with Crippen LogP contribution in [-0.2, 0) is 0 Å². The van der Waals surface area contributed by atoms with Crippen molar-refractivity contribution >= 4 is 0 Å². The number of hydrogen-bond donors (Lipinski definition) is 2. The molecule has 96 valence electrons. The summed E-state index contributed by atoms with van der Waals surface area (Å²) >= 11 is 0. The Morgan fingerprint density at radius 2 is 1.76 bits per heavy atom. The maximum atomic E-state index is 9.76. The van der Waals surface area contributed by atoms with Crippen molar-refractivity contribution in [2.75, 3.05) is 0 Å². The second-order valence-corrected chi connectivity index (χ2v) is 4.99. The first-order valence-corrected chi connectivity index (χ1v) is 6.39. The molecule has 0 heterocycles. The van der Waals surface area contributed by atoms with Gasteiger partial charge in [-0.25, -0.2) is 0 Å². The summed E-state index contributed by atoms with van der Waals surface area (Å²) in [4.78, 5) is 0. The summed E-state index contributed by atoms with van der Waals surface area (Å²) in [5, 5.41) is 19.1. The van der Waals surface area contributed by atoms with Gasteiger partial charge in [0.25, 0.3) is 0 Å². The Kier molecular flexibility index (Phi) is 5.16. The smallest absolute Gasteiger partial charge is 0.0802 e. The van der Waals surface area contributed by atoms with Gasteiger partial charge in [0.2, 0.25) is 0 Å². The Bertz CT molecular complexity index is 358. The Morgan fingerprint density at radius 3 is 2.24 bits per heavy atom. The van der Waals surface area contributed by atoms with E-state index in [2.05, 4.69) is 39.0 Å². The second-order valence-electron chi connectivity index (χ2n) is 4.99. The van der Waals surface area contributed by atoms with Gasteiger partial charge in [0, 0.05) is 0 Å². The maximum Gasteiger partial charge on any atom is 0.0802 e. The fraction of sp³-hybridized carbons (Fsp3) is 0.600. The zero-order valence-electron chi connectivity index (χ0n) is 11.3. The number of aryl methyl sites for hydroxylation is 2. The summed E-state index contributed by atoms with van der Waals surface area (Å²) in [5.41, 5.74) is 3.84. The van der Waals surface area contributed by atoms with Crippen molar-refractivity contribution in [2.45, 2.75) is 58.7 Å². The summed E-state index contributed by atoms with van der Waals surface area (Å²) in [6.45, 7) is 7.97. The van der Waals surface area contributed by atoms with Gasteiger partial charge >= 0.3 is 0 Å². The lowest BCUT2D eigenvalue weighted by atomic mass is 9.88. The third-order valence-electron chi connectivity index (χ3n) is 3.58. The SMILES string of the molecule is CCC(CC(O)C(C)O)c1ccc(C)c(C)c1. The van der Waals surface area contributed by atoms with E-state index in [4.69, 9.17) is 0 Å². The van der Waals surface area contributed by atoms with E-state index in [-0.39, 0.29) is 0 Å². The van der Waals surface area contributed by atoms with Gasteiger partial charge in [0.15, 0.2) is 0 Å². The van der Waals surface area contributed by atoms with Gasteiger partial charge in [0.1, 0.15) is 0 Å². The van der Waals surface area contributed by atoms with E-state index < -0.39 is 12.2 Å². The van der Waals surface area contributed by atoms with Crippen molar-refractivity contribution in [3.8, 4) is 0 Å². The minimum atomic E-state index is -0.657. The molecule has 0 aliphatic rings. The van der Waals surface area contributed by atoms with Crippen molar-refractivity contribution in [2.24, 2.45) is 0 Å². The number of hydrogen-bond acceptors (Lipinski definition) is 2. The number of aliphatic hydroxyl groups excluding tert-OH is 2. The number of rotatable bonds is 5. The minimum Gasteiger partial charge on any atom is -0.391 e. The van der Waals surface area contributed by atoms with Crippen LogP contribution in [0.3, 0.4) is 0 Å². The highest BCUT2D eigenvalue weighted by atomic mass is 16.3. The highest BCUT2D eigenvalue weighted by Gasteiger charge is 2.18. The average Bonchev–Trinajstić information content (AvgIpc) is 2.29. The molecule has 0 saturated carbocycles. The Morgan fingerprint density at radius 1 is 1.12 bits per heavy atom. The minimum absolute atomic E-state index is 0.318. The third kappa shape index (κ3) is 3.83. The van der Waals surface area contributed by atoms with Crippen LogP contribution in [0.15, 0.2) is 18.2 Å². The van der Waals surface area contributed by atoms with Crippen LogP contribution in [0, 0.1) is 13.8 Å². The van der Waals surface area contributed by atoms with Crippen LogP contribution in [0.1, 0.15) is 49.3 Å². The maximum absolute atomic E-state index is 9.76. The molecule has 2 N–H and O–H groups in total. The number of benzene rings is 1. The van der Waals surface area contributed by atoms with E-state index in [1.165, 1.54) is 16.7 Å². The Hall–Kier alpha value is -0.860. The summed E-state index contributed by atoms with van der Waals surface area (Å²) in [6, 6.07) is 6.45. The lowest BCUT2D eigenvalue weighted by Gasteiger charge is -2.21. The van der Waals surface area contributed by atoms with Gasteiger partial charge < -0.3 is 10.2 Å². The molecule has 0 fully saturated rings. The van der Waals surface area contributed by atoms with Crippen molar-refractivity contribution in [1.29, 1.82) is 0 Å². The van der Waals surface area contributed by atoms with Gasteiger partial charge in [0.05, 0.1) is 12.2 Å². The van der Waals surface area contributed by atoms with E-state index in [0.29, 0.717) is 12.3 Å². The van der Waals surface area contributed by atoms with Crippen molar-refractivity contribution in [1.82, 2.24) is 0 Å². The fourth-order valence-corrected chi connectivity index (χ4v) is 2.05. The largest absolute Gasteiger partial charge is 0.391 e. The van der Waals surface area contributed by atoms with Crippen LogP contribution in [-0.4, -0.2) is 22.4 Å². The van der Waals surface area contributed by atoms with Gasteiger partial charge in [-0.3, -0.25) is 0 Å². The van der Waals surface area contributed by atoms with Gasteiger partial charge in [-0.1, -0.05) is 25.1 Å². The molecule has 1 rings (SSSR count). The summed E-state index contributed by atoms with van der Waals surface area (Å²) in [5.74, 6) is 0.318. The Labute approximate surface area is 104 Å². The Balaban J connectivity index is 2.82. The molecule has 0 bridgehead atoms. The van der Waals surface area contributed by atoms with E-state index in [9.17, 15) is 10.2 Å². The van der Waals surface area contributed by atoms with Gasteiger partial charge in [-0.2, -0.15) is 0 Å². The predicted molar refractivity (Wildman–Crippen MR) is 71.3 cm³/mol. The zero-order valence-corrected chi connectivity index (χ0v) is 11.3. The highest BCUT2D eigenvalue weighted by molar-refractivity contribution is 5.32. The molecule has 0 aliphatic carbocycles. The molecule has 0 aliphatic heterocycles. The lowest BCUT2D eigenvalue weighted by molar-refractivity contribution is 0.0215. The van der Waals surface area contributed by atoms with Crippen LogP contribution >= 0.6 is 0 Å². The summed E-state index contributed by atoms with van der Waals surface area (Å²) in [6.07, 6.45) is 0.306. The normalized spacial score (nSPS) is 16.6. The molecular weight excluding hydrogens is 212 g/mol. The van der Waals surface area contributed by atoms with Crippen molar-refractivity contribution < 1.29 is 10.2 Å². The van der Waals surface area contributed by atoms with Crippen LogP contribution < -0.4 is 0 Å². The summed E-state index contributed by atoms with van der Waals surface area (Å²) in [7, 11) is 0. The lowest BCUT2D eigenvalue weighted by Crippen LogP contribution is -2.24. The predicted octanol–water partition coefficient (Wildman–Crippen LogP) is 2.93. The molecule has 1 aromatic carbocycles. The van der Waals surface area contributed by atoms with Crippen LogP contribution in [0.4, 0.5) is 0 Å². The monoisotopic (exact) mass is 236 g/mol. The van der Waals surface area contributed by atoms with Crippen LogP contribution in [0.5, 0.6) is 0 Å². The van der Waals surface area contributed by atoms with Crippen LogP contribution in [0.2, 0.25) is 0 Å². The first kappa shape index (κ1) is 14.2. The molecule has 0 amide bonds. The first-order valence-electron chi connectivity index (χ1n) is 6.39. The third-order valence-corrected chi connectivity index (χ3v) is 3.58. The van der Waals surface area contributed by atoms with Gasteiger partial charge in [-0.05, 0) is 56.2 Å². The molecule has 2 nitrogen and oxygen atoms in total. The molecule has 3 atom stereocenters. The second kappa shape index (κ2) is 6.18. The van der Waals surface area contributed by atoms with E-state index in [1.807, 2.05) is 0 Å². The molecule has 0 spiro atoms. The zero-order chi connectivity index (χ0) is 13.0.